The Morgan fingerprint density at radius 2 is 1.78 bits per heavy atom. The van der Waals surface area contributed by atoms with Gasteiger partial charge in [-0.15, -0.1) is 0 Å². The number of fused-ring (bicyclic) bond motifs is 1. The molecule has 0 spiro atoms. The number of benzene rings is 2. The fourth-order valence-corrected chi connectivity index (χ4v) is 3.44. The Kier molecular flexibility index (Phi) is 4.70. The number of allylic oxidation sites excluding steroid dienone is 1. The van der Waals surface area contributed by atoms with Gasteiger partial charge in [-0.1, -0.05) is 6.08 Å². The van der Waals surface area contributed by atoms with Gasteiger partial charge in [-0.05, 0) is 42.2 Å². The maximum atomic E-state index is 14.0. The first-order valence-corrected chi connectivity index (χ1v) is 8.61. The summed E-state index contributed by atoms with van der Waals surface area (Å²) >= 11 is 0. The Morgan fingerprint density at radius 3 is 2.59 bits per heavy atom. The van der Waals surface area contributed by atoms with Gasteiger partial charge in [0.05, 0.1) is 0 Å². The summed E-state index contributed by atoms with van der Waals surface area (Å²) in [6.45, 7) is 0.529. The average Bonchev–Trinajstić information content (AvgIpc) is 3.11. The van der Waals surface area contributed by atoms with Crippen molar-refractivity contribution in [2.24, 2.45) is 5.73 Å². The average molecular weight is 377 g/mol. The van der Waals surface area contributed by atoms with Crippen molar-refractivity contribution in [2.75, 3.05) is 13.4 Å². The van der Waals surface area contributed by atoms with E-state index in [1.54, 1.807) is 18.2 Å². The highest BCUT2D eigenvalue weighted by Crippen LogP contribution is 2.36. The third-order valence-corrected chi connectivity index (χ3v) is 4.88. The van der Waals surface area contributed by atoms with Gasteiger partial charge in [0.2, 0.25) is 6.79 Å². The highest BCUT2D eigenvalue weighted by atomic mass is 19.2. The molecule has 0 fully saturated rings. The topological polar surface area (TPSA) is 53.7 Å². The molecule has 2 aromatic rings. The second-order valence-electron chi connectivity index (χ2n) is 6.66. The standard InChI is InChI=1S/C20H18F3NO3/c21-15-8-17(23)16(22)7-14(15)13-3-1-11(5-18(13)24)9-25-12-2-4-19-20(6-12)27-10-26-19/h1-2,4,6-8,13,18H,3,5,9-10,24H2. The molecule has 27 heavy (non-hydrogen) atoms. The minimum Gasteiger partial charge on any atom is -0.489 e. The van der Waals surface area contributed by atoms with Gasteiger partial charge >= 0.3 is 0 Å². The Hall–Kier alpha value is -2.67. The maximum Gasteiger partial charge on any atom is 0.231 e. The predicted molar refractivity (Wildman–Crippen MR) is 92.4 cm³/mol. The number of hydrogen-bond donors (Lipinski definition) is 1. The van der Waals surface area contributed by atoms with Gasteiger partial charge in [0.25, 0.3) is 0 Å². The molecule has 1 aliphatic heterocycles. The van der Waals surface area contributed by atoms with Crippen molar-refractivity contribution >= 4 is 0 Å². The highest BCUT2D eigenvalue weighted by molar-refractivity contribution is 5.47. The van der Waals surface area contributed by atoms with Crippen LogP contribution in [0.4, 0.5) is 13.2 Å². The molecule has 2 aromatic carbocycles. The lowest BCUT2D eigenvalue weighted by Crippen LogP contribution is -2.33. The fraction of sp³-hybridized carbons (Fsp3) is 0.300. The zero-order chi connectivity index (χ0) is 19.0. The minimum absolute atomic E-state index is 0.105. The molecule has 7 heteroatoms. The van der Waals surface area contributed by atoms with E-state index in [1.807, 2.05) is 6.08 Å². The molecule has 142 valence electrons. The Morgan fingerprint density at radius 1 is 1.00 bits per heavy atom. The lowest BCUT2D eigenvalue weighted by atomic mass is 9.81. The van der Waals surface area contributed by atoms with Crippen LogP contribution in [0.5, 0.6) is 17.2 Å². The number of nitrogens with two attached hydrogens (primary N) is 1. The van der Waals surface area contributed by atoms with Crippen molar-refractivity contribution in [3.63, 3.8) is 0 Å². The molecular weight excluding hydrogens is 359 g/mol. The van der Waals surface area contributed by atoms with Crippen LogP contribution in [0.2, 0.25) is 0 Å². The number of halogens is 3. The molecule has 0 amide bonds. The van der Waals surface area contributed by atoms with Gasteiger partial charge < -0.3 is 19.9 Å². The molecule has 1 aliphatic carbocycles. The maximum absolute atomic E-state index is 14.0. The number of ether oxygens (including phenoxy) is 3. The predicted octanol–water partition coefficient (Wildman–Crippen LogP) is 4.04. The van der Waals surface area contributed by atoms with Gasteiger partial charge in [0.1, 0.15) is 18.2 Å². The summed E-state index contributed by atoms with van der Waals surface area (Å²) in [7, 11) is 0. The van der Waals surface area contributed by atoms with Crippen LogP contribution in [0.25, 0.3) is 0 Å². The summed E-state index contributed by atoms with van der Waals surface area (Å²) in [6.07, 6.45) is 2.83. The quantitative estimate of drug-likeness (QED) is 0.645. The SMILES string of the molecule is NC1CC(COc2ccc3c(c2)OCO3)=CCC1c1cc(F)c(F)cc1F. The smallest absolute Gasteiger partial charge is 0.231 e. The lowest BCUT2D eigenvalue weighted by Gasteiger charge is -2.29. The first-order valence-electron chi connectivity index (χ1n) is 8.61. The van der Waals surface area contributed by atoms with E-state index < -0.39 is 29.4 Å². The van der Waals surface area contributed by atoms with Crippen molar-refractivity contribution in [2.45, 2.75) is 24.8 Å². The summed E-state index contributed by atoms with van der Waals surface area (Å²) in [5, 5.41) is 0. The molecule has 2 N–H and O–H groups in total. The van der Waals surface area contributed by atoms with Crippen molar-refractivity contribution in [3.05, 3.63) is 65.0 Å². The molecule has 0 saturated heterocycles. The summed E-state index contributed by atoms with van der Waals surface area (Å²) in [4.78, 5) is 0. The molecule has 0 radical (unpaired) electrons. The third kappa shape index (κ3) is 3.60. The Labute approximate surface area is 154 Å². The van der Waals surface area contributed by atoms with Gasteiger partial charge in [0, 0.05) is 24.1 Å². The normalized spacial score (nSPS) is 21.1. The van der Waals surface area contributed by atoms with E-state index in [4.69, 9.17) is 19.9 Å². The van der Waals surface area contributed by atoms with E-state index >= 15 is 0 Å². The van der Waals surface area contributed by atoms with Crippen LogP contribution in [0, 0.1) is 17.5 Å². The molecule has 0 aromatic heterocycles. The van der Waals surface area contributed by atoms with Crippen molar-refractivity contribution in [1.82, 2.24) is 0 Å². The van der Waals surface area contributed by atoms with Crippen molar-refractivity contribution < 1.29 is 27.4 Å². The zero-order valence-electron chi connectivity index (χ0n) is 14.4. The Balaban J connectivity index is 1.43. The van der Waals surface area contributed by atoms with E-state index in [-0.39, 0.29) is 12.4 Å². The third-order valence-electron chi connectivity index (χ3n) is 4.88. The zero-order valence-corrected chi connectivity index (χ0v) is 14.4. The van der Waals surface area contributed by atoms with Gasteiger partial charge in [-0.3, -0.25) is 0 Å². The monoisotopic (exact) mass is 377 g/mol. The molecule has 2 unspecified atom stereocenters. The van der Waals surface area contributed by atoms with Gasteiger partial charge in [0.15, 0.2) is 23.1 Å². The largest absolute Gasteiger partial charge is 0.489 e. The van der Waals surface area contributed by atoms with Crippen molar-refractivity contribution in [3.8, 4) is 17.2 Å². The lowest BCUT2D eigenvalue weighted by molar-refractivity contribution is 0.174. The Bertz CT molecular complexity index is 900. The van der Waals surface area contributed by atoms with Crippen LogP contribution in [-0.2, 0) is 0 Å². The first-order chi connectivity index (χ1) is 13.0. The van der Waals surface area contributed by atoms with E-state index in [9.17, 15) is 13.2 Å². The molecule has 4 nitrogen and oxygen atoms in total. The molecule has 0 bridgehead atoms. The van der Waals surface area contributed by atoms with Crippen molar-refractivity contribution in [1.29, 1.82) is 0 Å². The van der Waals surface area contributed by atoms with Gasteiger partial charge in [-0.2, -0.15) is 0 Å². The fourth-order valence-electron chi connectivity index (χ4n) is 3.44. The number of hydrogen-bond acceptors (Lipinski definition) is 4. The van der Waals surface area contributed by atoms with Crippen LogP contribution in [0.15, 0.2) is 42.0 Å². The highest BCUT2D eigenvalue weighted by Gasteiger charge is 2.28. The summed E-state index contributed by atoms with van der Waals surface area (Å²) in [6, 6.07) is 6.38. The summed E-state index contributed by atoms with van der Waals surface area (Å²) in [5.74, 6) is -1.50. The minimum atomic E-state index is -1.20. The van der Waals surface area contributed by atoms with Crippen LogP contribution in [0.3, 0.4) is 0 Å². The molecule has 0 saturated carbocycles. The van der Waals surface area contributed by atoms with Crippen LogP contribution < -0.4 is 19.9 Å². The van der Waals surface area contributed by atoms with E-state index in [0.717, 1.165) is 11.6 Å². The first kappa shape index (κ1) is 17.7. The van der Waals surface area contributed by atoms with Crippen LogP contribution in [0.1, 0.15) is 24.3 Å². The van der Waals surface area contributed by atoms with Crippen LogP contribution >= 0.6 is 0 Å². The molecule has 1 heterocycles. The second kappa shape index (κ2) is 7.15. The summed E-state index contributed by atoms with van der Waals surface area (Å²) in [5.41, 5.74) is 7.26. The van der Waals surface area contributed by atoms with Crippen LogP contribution in [-0.4, -0.2) is 19.4 Å². The van der Waals surface area contributed by atoms with E-state index in [2.05, 4.69) is 0 Å². The molecular formula is C20H18F3NO3. The molecule has 2 aliphatic rings. The van der Waals surface area contributed by atoms with Gasteiger partial charge in [-0.25, -0.2) is 13.2 Å². The van der Waals surface area contributed by atoms with E-state index in [0.29, 0.717) is 42.8 Å². The second-order valence-corrected chi connectivity index (χ2v) is 6.66. The number of rotatable bonds is 4. The molecule has 4 rings (SSSR count). The molecule has 2 atom stereocenters. The van der Waals surface area contributed by atoms with E-state index in [1.165, 1.54) is 0 Å². The summed E-state index contributed by atoms with van der Waals surface area (Å²) < 4.78 is 57.0.